The molecule has 0 bridgehead atoms. The minimum Gasteiger partial charge on any atom is -0.496 e. The average molecular weight is 650 g/mol. The molecule has 6 atom stereocenters. The third-order valence-electron chi connectivity index (χ3n) is 10.5. The minimum atomic E-state index is -0.825. The van der Waals surface area contributed by atoms with Gasteiger partial charge in [0.15, 0.2) is 5.78 Å². The molecular weight excluding hydrogens is 593 g/mol. The van der Waals surface area contributed by atoms with Crippen molar-refractivity contribution in [1.82, 2.24) is 0 Å². The van der Waals surface area contributed by atoms with E-state index in [1.807, 2.05) is 57.2 Å². The highest BCUT2D eigenvalue weighted by atomic mass is 16.7. The lowest BCUT2D eigenvalue weighted by Gasteiger charge is -2.59. The number of methoxy groups -OCH3 is 1. The molecule has 0 radical (unpaired) electrons. The van der Waals surface area contributed by atoms with E-state index in [4.69, 9.17) is 29.3 Å². The van der Waals surface area contributed by atoms with E-state index < -0.39 is 36.1 Å². The molecule has 1 heterocycles. The predicted octanol–water partition coefficient (Wildman–Crippen LogP) is 7.77. The number of ketones is 1. The number of Topliss-reactive ketones (excluding diaryl/α,β-unsaturated/α-hetero) is 1. The van der Waals surface area contributed by atoms with Gasteiger partial charge in [-0.05, 0) is 100 Å². The first-order valence-electron chi connectivity index (χ1n) is 17.3. The number of hydrogen-bond donors (Lipinski definition) is 1. The van der Waals surface area contributed by atoms with Gasteiger partial charge in [0.1, 0.15) is 22.7 Å². The molecule has 1 saturated carbocycles. The summed E-state index contributed by atoms with van der Waals surface area (Å²) in [4.78, 5) is 27.1. The Balaban J connectivity index is 1.63. The lowest BCUT2D eigenvalue weighted by atomic mass is 9.49. The maximum absolute atomic E-state index is 13.9. The Morgan fingerprint density at radius 1 is 1.09 bits per heavy atom. The molecule has 8 nitrogen and oxygen atoms in total. The van der Waals surface area contributed by atoms with Gasteiger partial charge in [-0.15, -0.1) is 0 Å². The van der Waals surface area contributed by atoms with Crippen molar-refractivity contribution in [1.29, 1.82) is 0 Å². The summed E-state index contributed by atoms with van der Waals surface area (Å²) in [7, 11) is 0.892. The highest BCUT2D eigenvalue weighted by Crippen LogP contribution is 2.60. The molecule has 0 spiro atoms. The zero-order valence-electron chi connectivity index (χ0n) is 30.2. The van der Waals surface area contributed by atoms with Gasteiger partial charge in [-0.2, -0.15) is 0 Å². The number of carbonyl (C=O) groups excluding carboxylic acids is 2. The molecule has 1 aliphatic heterocycles. The number of para-hydroxylation sites is 1. The quantitative estimate of drug-likeness (QED) is 0.164. The third-order valence-corrected chi connectivity index (χ3v) is 10.5. The fraction of sp³-hybridized carbons (Fsp3) is 0.632. The van der Waals surface area contributed by atoms with Crippen molar-refractivity contribution >= 4 is 18.9 Å². The monoisotopic (exact) mass is 649 g/mol. The maximum atomic E-state index is 13.9. The van der Waals surface area contributed by atoms with Crippen LogP contribution in [0.5, 0.6) is 11.5 Å². The summed E-state index contributed by atoms with van der Waals surface area (Å²) in [5, 5.41) is 0. The number of carbonyl (C=O) groups is 2. The summed E-state index contributed by atoms with van der Waals surface area (Å²) in [6, 6.07) is 12.0. The number of rotatable bonds is 14. The SMILES string of the molecule is CCCOc1ccc(C(N)C(=O)C[C@@H](Cc2cccc(C(=O)OC(C)(C)C)c2OC)B2OC(C)[C@](C)([C@H]3C[C@H](CC)C3(C)C)O2)cc1. The predicted molar refractivity (Wildman–Crippen MR) is 186 cm³/mol. The molecule has 258 valence electrons. The standard InChI is InChI=1S/C38H56BNO7/c1-11-20-44-29-18-16-25(17-19-29)33(40)31(41)23-28(21-26-14-13-15-30(34(26)43-10)35(42)45-36(4,5)6)39-46-24(3)38(9,47-39)32-22-27(12-2)37(32,7)8/h13-19,24,27-28,32-33H,11-12,20-23,40H2,1-10H3/t24?,27-,28+,32-,33?,38+/m0/s1. The lowest BCUT2D eigenvalue weighted by molar-refractivity contribution is -0.144. The van der Waals surface area contributed by atoms with Gasteiger partial charge in [0, 0.05) is 12.2 Å². The molecule has 47 heavy (non-hydrogen) atoms. The van der Waals surface area contributed by atoms with E-state index in [0.717, 1.165) is 36.1 Å². The molecule has 0 aromatic heterocycles. The van der Waals surface area contributed by atoms with Crippen LogP contribution in [0.3, 0.4) is 0 Å². The van der Waals surface area contributed by atoms with Gasteiger partial charge in [-0.25, -0.2) is 4.79 Å². The molecule has 2 aliphatic rings. The third kappa shape index (κ3) is 8.06. The molecule has 2 aromatic rings. The number of nitrogens with two attached hydrogens (primary N) is 1. The first kappa shape index (κ1) is 37.0. The van der Waals surface area contributed by atoms with Crippen molar-refractivity contribution in [3.8, 4) is 11.5 Å². The molecule has 1 saturated heterocycles. The second-order valence-electron chi connectivity index (χ2n) is 15.2. The van der Waals surface area contributed by atoms with Crippen LogP contribution in [0, 0.1) is 17.3 Å². The van der Waals surface area contributed by atoms with Gasteiger partial charge >= 0.3 is 13.1 Å². The first-order chi connectivity index (χ1) is 22.0. The van der Waals surface area contributed by atoms with E-state index >= 15 is 0 Å². The Bertz CT molecular complexity index is 1390. The fourth-order valence-corrected chi connectivity index (χ4v) is 7.55. The van der Waals surface area contributed by atoms with Crippen LogP contribution in [0.25, 0.3) is 0 Å². The van der Waals surface area contributed by atoms with E-state index in [9.17, 15) is 9.59 Å². The van der Waals surface area contributed by atoms with Crippen LogP contribution in [0.1, 0.15) is 116 Å². The normalized spacial score (nSPS) is 25.1. The zero-order valence-corrected chi connectivity index (χ0v) is 30.2. The van der Waals surface area contributed by atoms with E-state index in [1.54, 1.807) is 13.2 Å². The van der Waals surface area contributed by atoms with Crippen molar-refractivity contribution < 1.29 is 33.1 Å². The van der Waals surface area contributed by atoms with Crippen LogP contribution < -0.4 is 15.2 Å². The molecule has 2 N–H and O–H groups in total. The zero-order chi connectivity index (χ0) is 34.7. The summed E-state index contributed by atoms with van der Waals surface area (Å²) in [5.41, 5.74) is 7.33. The summed E-state index contributed by atoms with van der Waals surface area (Å²) in [6.07, 6.45) is 3.44. The molecule has 9 heteroatoms. The average Bonchev–Trinajstić information content (AvgIpc) is 3.31. The number of ether oxygens (including phenoxy) is 3. The van der Waals surface area contributed by atoms with Crippen molar-refractivity contribution in [2.75, 3.05) is 13.7 Å². The fourth-order valence-electron chi connectivity index (χ4n) is 7.55. The summed E-state index contributed by atoms with van der Waals surface area (Å²) < 4.78 is 30.7. The van der Waals surface area contributed by atoms with Crippen LogP contribution in [0.2, 0.25) is 5.82 Å². The van der Waals surface area contributed by atoms with Gasteiger partial charge in [-0.3, -0.25) is 4.79 Å². The van der Waals surface area contributed by atoms with E-state index in [0.29, 0.717) is 36.2 Å². The Morgan fingerprint density at radius 2 is 1.77 bits per heavy atom. The Labute approximate surface area is 282 Å². The molecule has 0 amide bonds. The number of hydrogen-bond acceptors (Lipinski definition) is 8. The lowest BCUT2D eigenvalue weighted by Crippen LogP contribution is -2.59. The highest BCUT2D eigenvalue weighted by molar-refractivity contribution is 6.48. The first-order valence-corrected chi connectivity index (χ1v) is 17.3. The molecule has 2 unspecified atom stereocenters. The largest absolute Gasteiger partial charge is 0.496 e. The molecule has 4 rings (SSSR count). The molecule has 1 aliphatic carbocycles. The van der Waals surface area contributed by atoms with Crippen LogP contribution in [-0.2, 0) is 25.3 Å². The Morgan fingerprint density at radius 3 is 2.34 bits per heavy atom. The van der Waals surface area contributed by atoms with Gasteiger partial charge in [0.05, 0.1) is 31.5 Å². The second kappa shape index (κ2) is 14.7. The molecular formula is C38H56BNO7. The van der Waals surface area contributed by atoms with Crippen molar-refractivity contribution in [2.24, 2.45) is 23.0 Å². The molecule has 2 aromatic carbocycles. The summed E-state index contributed by atoms with van der Waals surface area (Å²) in [6.45, 7) is 19.3. The molecule has 2 fully saturated rings. The van der Waals surface area contributed by atoms with Gasteiger partial charge in [0.25, 0.3) is 0 Å². The van der Waals surface area contributed by atoms with E-state index in [-0.39, 0.29) is 23.7 Å². The smallest absolute Gasteiger partial charge is 0.461 e. The van der Waals surface area contributed by atoms with Crippen LogP contribution in [0.15, 0.2) is 42.5 Å². The Kier molecular flexibility index (Phi) is 11.6. The number of benzene rings is 2. The van der Waals surface area contributed by atoms with Gasteiger partial charge in [-0.1, -0.05) is 58.4 Å². The van der Waals surface area contributed by atoms with E-state index in [1.165, 1.54) is 0 Å². The van der Waals surface area contributed by atoms with Crippen molar-refractivity contribution in [3.63, 3.8) is 0 Å². The highest BCUT2D eigenvalue weighted by Gasteiger charge is 2.62. The van der Waals surface area contributed by atoms with Crippen LogP contribution in [-0.4, -0.2) is 49.9 Å². The van der Waals surface area contributed by atoms with Crippen molar-refractivity contribution in [3.05, 3.63) is 59.2 Å². The van der Waals surface area contributed by atoms with Crippen molar-refractivity contribution in [2.45, 2.75) is 124 Å². The van der Waals surface area contributed by atoms with Crippen LogP contribution >= 0.6 is 0 Å². The Hall–Kier alpha value is -2.88. The summed E-state index contributed by atoms with van der Waals surface area (Å²) >= 11 is 0. The topological polar surface area (TPSA) is 106 Å². The minimum absolute atomic E-state index is 0.113. The van der Waals surface area contributed by atoms with E-state index in [2.05, 4.69) is 41.5 Å². The second-order valence-corrected chi connectivity index (χ2v) is 15.2. The number of esters is 1. The van der Waals surface area contributed by atoms with Gasteiger partial charge in [0.2, 0.25) is 0 Å². The van der Waals surface area contributed by atoms with Gasteiger partial charge < -0.3 is 29.3 Å². The maximum Gasteiger partial charge on any atom is 0.461 e. The summed E-state index contributed by atoms with van der Waals surface area (Å²) in [5.74, 6) is 1.14. The van der Waals surface area contributed by atoms with Crippen LogP contribution in [0.4, 0.5) is 0 Å².